The van der Waals surface area contributed by atoms with Crippen LogP contribution in [0.25, 0.3) is 10.9 Å². The maximum absolute atomic E-state index is 12.7. The largest absolute Gasteiger partial charge is 0.461 e. The third kappa shape index (κ3) is 4.89. The topological polar surface area (TPSA) is 60.8 Å². The number of hydrogen-bond acceptors (Lipinski definition) is 4. The molecule has 1 amide bonds. The van der Waals surface area contributed by atoms with Crippen molar-refractivity contribution in [2.75, 3.05) is 19.7 Å². The molecule has 2 heterocycles. The highest BCUT2D eigenvalue weighted by Gasteiger charge is 2.31. The summed E-state index contributed by atoms with van der Waals surface area (Å²) in [4.78, 5) is 26.9. The molecule has 4 rings (SSSR count). The number of ether oxygens (including phenoxy) is 2. The van der Waals surface area contributed by atoms with E-state index in [-0.39, 0.29) is 12.1 Å². The monoisotopic (exact) mass is 426 g/mol. The van der Waals surface area contributed by atoms with Crippen LogP contribution in [-0.4, -0.2) is 46.8 Å². The summed E-state index contributed by atoms with van der Waals surface area (Å²) in [7, 11) is 0. The molecule has 0 radical (unpaired) electrons. The van der Waals surface area contributed by atoms with Gasteiger partial charge in [-0.15, -0.1) is 0 Å². The number of nitrogens with zero attached hydrogens (tertiary/aromatic N) is 2. The number of piperidine rings is 1. The fourth-order valence-corrected chi connectivity index (χ4v) is 4.51. The molecule has 0 unspecified atom stereocenters. The van der Waals surface area contributed by atoms with Crippen LogP contribution in [0, 0.1) is 5.92 Å². The molecule has 2 fully saturated rings. The molecular formula is C25H34N2O4. The van der Waals surface area contributed by atoms with E-state index in [4.69, 9.17) is 9.47 Å². The van der Waals surface area contributed by atoms with E-state index >= 15 is 0 Å². The minimum atomic E-state index is -0.479. The number of fused-ring (bicyclic) bond motifs is 1. The van der Waals surface area contributed by atoms with E-state index < -0.39 is 5.60 Å². The highest BCUT2D eigenvalue weighted by molar-refractivity contribution is 5.97. The molecule has 1 saturated heterocycles. The lowest BCUT2D eigenvalue weighted by Crippen LogP contribution is -2.41. The molecule has 2 aliphatic rings. The van der Waals surface area contributed by atoms with E-state index in [9.17, 15) is 9.59 Å². The predicted molar refractivity (Wildman–Crippen MR) is 120 cm³/mol. The summed E-state index contributed by atoms with van der Waals surface area (Å²) in [5.41, 5.74) is 2.61. The molecule has 0 atom stereocenters. The van der Waals surface area contributed by atoms with Crippen LogP contribution >= 0.6 is 0 Å². The van der Waals surface area contributed by atoms with E-state index in [1.54, 1.807) is 0 Å². The lowest BCUT2D eigenvalue weighted by molar-refractivity contribution is 0.0204. The van der Waals surface area contributed by atoms with E-state index in [1.807, 2.05) is 38.7 Å². The van der Waals surface area contributed by atoms with Crippen molar-refractivity contribution in [1.82, 2.24) is 9.47 Å². The smallest absolute Gasteiger partial charge is 0.410 e. The molecule has 168 valence electrons. The van der Waals surface area contributed by atoms with Crippen LogP contribution in [0.1, 0.15) is 75.3 Å². The summed E-state index contributed by atoms with van der Waals surface area (Å²) in [5, 5.41) is 1.09. The molecule has 1 aromatic heterocycles. The minimum Gasteiger partial charge on any atom is -0.461 e. The summed E-state index contributed by atoms with van der Waals surface area (Å²) in [6.07, 6.45) is 3.99. The molecule has 6 nitrogen and oxygen atoms in total. The van der Waals surface area contributed by atoms with Gasteiger partial charge in [0.1, 0.15) is 11.3 Å². The number of benzene rings is 1. The molecule has 1 aromatic carbocycles. The second kappa shape index (κ2) is 8.56. The third-order valence-electron chi connectivity index (χ3n) is 6.16. The van der Waals surface area contributed by atoms with Gasteiger partial charge in [0.2, 0.25) is 0 Å². The van der Waals surface area contributed by atoms with Gasteiger partial charge < -0.3 is 18.9 Å². The Bertz CT molecular complexity index is 960. The van der Waals surface area contributed by atoms with E-state index in [0.717, 1.165) is 30.3 Å². The van der Waals surface area contributed by atoms with E-state index in [0.29, 0.717) is 37.2 Å². The first-order valence-electron chi connectivity index (χ1n) is 11.5. The van der Waals surface area contributed by atoms with Gasteiger partial charge in [-0.1, -0.05) is 18.2 Å². The van der Waals surface area contributed by atoms with Gasteiger partial charge in [0, 0.05) is 25.0 Å². The van der Waals surface area contributed by atoms with Gasteiger partial charge in [0.15, 0.2) is 0 Å². The van der Waals surface area contributed by atoms with Gasteiger partial charge in [-0.2, -0.15) is 0 Å². The molecule has 1 aliphatic heterocycles. The lowest BCUT2D eigenvalue weighted by Gasteiger charge is -2.34. The Morgan fingerprint density at radius 3 is 2.42 bits per heavy atom. The number of hydrogen-bond donors (Lipinski definition) is 0. The SMILES string of the molecule is CCOC(=O)c1cc2cccc(C3CCN(C(=O)OC(C)(C)C)CC3)c2n1CC1CC1. The summed E-state index contributed by atoms with van der Waals surface area (Å²) in [5.74, 6) is 0.751. The Hall–Kier alpha value is -2.50. The molecule has 0 spiro atoms. The summed E-state index contributed by atoms with van der Waals surface area (Å²) in [6, 6.07) is 8.33. The minimum absolute atomic E-state index is 0.231. The Morgan fingerprint density at radius 1 is 1.10 bits per heavy atom. The van der Waals surface area contributed by atoms with Gasteiger partial charge in [-0.25, -0.2) is 9.59 Å². The molecule has 0 bridgehead atoms. The van der Waals surface area contributed by atoms with Gasteiger partial charge in [-0.05, 0) is 76.8 Å². The van der Waals surface area contributed by atoms with Crippen LogP contribution in [0.4, 0.5) is 4.79 Å². The molecule has 0 N–H and O–H groups in total. The number of carbonyl (C=O) groups is 2. The number of esters is 1. The first-order chi connectivity index (χ1) is 14.8. The van der Waals surface area contributed by atoms with Crippen LogP contribution in [0.5, 0.6) is 0 Å². The Balaban J connectivity index is 1.60. The van der Waals surface area contributed by atoms with Crippen molar-refractivity contribution in [3.8, 4) is 0 Å². The maximum atomic E-state index is 12.7. The molecular weight excluding hydrogens is 392 g/mol. The second-order valence-electron chi connectivity index (χ2n) is 9.83. The Morgan fingerprint density at radius 2 is 1.81 bits per heavy atom. The predicted octanol–water partition coefficient (Wildman–Crippen LogP) is 5.34. The van der Waals surface area contributed by atoms with Crippen molar-refractivity contribution in [2.45, 2.75) is 71.4 Å². The molecule has 31 heavy (non-hydrogen) atoms. The second-order valence-corrected chi connectivity index (χ2v) is 9.83. The average Bonchev–Trinajstić information content (AvgIpc) is 3.46. The van der Waals surface area contributed by atoms with Crippen LogP contribution in [0.15, 0.2) is 24.3 Å². The third-order valence-corrected chi connectivity index (χ3v) is 6.16. The van der Waals surface area contributed by atoms with Gasteiger partial charge in [0.05, 0.1) is 12.1 Å². The first-order valence-corrected chi connectivity index (χ1v) is 11.5. The zero-order valence-corrected chi connectivity index (χ0v) is 19.1. The normalized spacial score (nSPS) is 17.7. The molecule has 2 aromatic rings. The number of likely N-dealkylation sites (tertiary alicyclic amines) is 1. The van der Waals surface area contributed by atoms with Crippen LogP contribution in [-0.2, 0) is 16.0 Å². The van der Waals surface area contributed by atoms with Gasteiger partial charge in [0.25, 0.3) is 0 Å². The average molecular weight is 427 g/mol. The quantitative estimate of drug-likeness (QED) is 0.605. The zero-order valence-electron chi connectivity index (χ0n) is 19.1. The van der Waals surface area contributed by atoms with Crippen molar-refractivity contribution < 1.29 is 19.1 Å². The zero-order chi connectivity index (χ0) is 22.2. The lowest BCUT2D eigenvalue weighted by atomic mass is 9.88. The number of rotatable bonds is 5. The van der Waals surface area contributed by atoms with Gasteiger partial charge in [-0.3, -0.25) is 0 Å². The fourth-order valence-electron chi connectivity index (χ4n) is 4.51. The summed E-state index contributed by atoms with van der Waals surface area (Å²) in [6.45, 7) is 10.1. The van der Waals surface area contributed by atoms with Crippen molar-refractivity contribution >= 4 is 23.0 Å². The van der Waals surface area contributed by atoms with Crippen molar-refractivity contribution in [1.29, 1.82) is 0 Å². The highest BCUT2D eigenvalue weighted by Crippen LogP contribution is 2.38. The van der Waals surface area contributed by atoms with Crippen LogP contribution in [0.3, 0.4) is 0 Å². The summed E-state index contributed by atoms with van der Waals surface area (Å²) < 4.78 is 13.1. The fraction of sp³-hybridized carbons (Fsp3) is 0.600. The highest BCUT2D eigenvalue weighted by atomic mass is 16.6. The Kier molecular flexibility index (Phi) is 6.00. The first kappa shape index (κ1) is 21.7. The van der Waals surface area contributed by atoms with Gasteiger partial charge >= 0.3 is 12.1 Å². The Labute approximate surface area is 184 Å². The molecule has 1 aliphatic carbocycles. The van der Waals surface area contributed by atoms with Crippen LogP contribution < -0.4 is 0 Å². The van der Waals surface area contributed by atoms with E-state index in [2.05, 4.69) is 22.8 Å². The number of para-hydroxylation sites is 1. The molecule has 1 saturated carbocycles. The summed E-state index contributed by atoms with van der Waals surface area (Å²) >= 11 is 0. The van der Waals surface area contributed by atoms with E-state index in [1.165, 1.54) is 18.4 Å². The van der Waals surface area contributed by atoms with Crippen molar-refractivity contribution in [3.05, 3.63) is 35.5 Å². The number of amides is 1. The van der Waals surface area contributed by atoms with Crippen molar-refractivity contribution in [3.63, 3.8) is 0 Å². The molecule has 6 heteroatoms. The number of aromatic nitrogens is 1. The number of carbonyl (C=O) groups excluding carboxylic acids is 2. The standard InChI is InChI=1S/C25H34N2O4/c1-5-30-23(28)21-15-19-7-6-8-20(22(19)27(21)16-17-9-10-17)18-11-13-26(14-12-18)24(29)31-25(2,3)4/h6-8,15,17-18H,5,9-14,16H2,1-4H3. The maximum Gasteiger partial charge on any atom is 0.410 e. The van der Waals surface area contributed by atoms with Crippen LogP contribution in [0.2, 0.25) is 0 Å². The van der Waals surface area contributed by atoms with Crippen molar-refractivity contribution in [2.24, 2.45) is 5.92 Å².